The summed E-state index contributed by atoms with van der Waals surface area (Å²) in [5.74, 6) is 0.908. The molecule has 1 amide bonds. The molecule has 0 spiro atoms. The van der Waals surface area contributed by atoms with Gasteiger partial charge in [0.2, 0.25) is 5.91 Å². The second-order valence-electron chi connectivity index (χ2n) is 6.51. The van der Waals surface area contributed by atoms with E-state index in [1.54, 1.807) is 11.3 Å². The van der Waals surface area contributed by atoms with Crippen molar-refractivity contribution in [3.05, 3.63) is 15.6 Å². The molecule has 0 saturated carbocycles. The summed E-state index contributed by atoms with van der Waals surface area (Å²) in [4.78, 5) is 20.1. The fourth-order valence-electron chi connectivity index (χ4n) is 3.05. The summed E-state index contributed by atoms with van der Waals surface area (Å²) in [5, 5.41) is 4.24. The summed E-state index contributed by atoms with van der Waals surface area (Å²) >= 11 is 1.77. The maximum atomic E-state index is 11.9. The SMILES string of the molecule is Cc1nc(CCCNC(=O)CCC2CCCN(C)C2)sc1C. The van der Waals surface area contributed by atoms with E-state index < -0.39 is 0 Å². The average Bonchev–Trinajstić information content (AvgIpc) is 2.80. The van der Waals surface area contributed by atoms with E-state index in [0.29, 0.717) is 12.3 Å². The summed E-state index contributed by atoms with van der Waals surface area (Å²) in [5.41, 5.74) is 1.14. The molecular weight excluding hydrogens is 294 g/mol. The highest BCUT2D eigenvalue weighted by atomic mass is 32.1. The summed E-state index contributed by atoms with van der Waals surface area (Å²) in [7, 11) is 2.17. The van der Waals surface area contributed by atoms with Crippen LogP contribution in [0.5, 0.6) is 0 Å². The van der Waals surface area contributed by atoms with Crippen molar-refractivity contribution in [3.8, 4) is 0 Å². The number of carbonyl (C=O) groups is 1. The molecule has 1 aliphatic rings. The van der Waals surface area contributed by atoms with Crippen LogP contribution in [0, 0.1) is 19.8 Å². The van der Waals surface area contributed by atoms with E-state index in [-0.39, 0.29) is 5.91 Å². The molecule has 2 heterocycles. The van der Waals surface area contributed by atoms with Gasteiger partial charge in [0.1, 0.15) is 0 Å². The number of thiazole rings is 1. The van der Waals surface area contributed by atoms with Gasteiger partial charge in [0, 0.05) is 30.8 Å². The predicted molar refractivity (Wildman–Crippen MR) is 92.4 cm³/mol. The van der Waals surface area contributed by atoms with Crippen molar-refractivity contribution in [2.45, 2.75) is 52.4 Å². The lowest BCUT2D eigenvalue weighted by Gasteiger charge is -2.29. The van der Waals surface area contributed by atoms with Gasteiger partial charge in [0.05, 0.1) is 10.7 Å². The van der Waals surface area contributed by atoms with E-state index in [4.69, 9.17) is 0 Å². The zero-order valence-corrected chi connectivity index (χ0v) is 15.0. The van der Waals surface area contributed by atoms with Crippen molar-refractivity contribution in [3.63, 3.8) is 0 Å². The Balaban J connectivity index is 1.55. The first-order valence-electron chi connectivity index (χ1n) is 8.42. The molecule has 1 aromatic heterocycles. The van der Waals surface area contributed by atoms with Crippen LogP contribution in [-0.2, 0) is 11.2 Å². The van der Waals surface area contributed by atoms with Crippen LogP contribution in [0.1, 0.15) is 47.7 Å². The van der Waals surface area contributed by atoms with Crippen molar-refractivity contribution >= 4 is 17.2 Å². The first kappa shape index (κ1) is 17.4. The number of nitrogens with zero attached hydrogens (tertiary/aromatic N) is 2. The Morgan fingerprint density at radius 2 is 2.27 bits per heavy atom. The molecule has 5 heteroatoms. The highest BCUT2D eigenvalue weighted by Crippen LogP contribution is 2.20. The molecule has 1 aromatic rings. The minimum atomic E-state index is 0.208. The van der Waals surface area contributed by atoms with E-state index in [1.807, 2.05) is 0 Å². The zero-order valence-electron chi connectivity index (χ0n) is 14.2. The average molecular weight is 324 g/mol. The molecule has 1 atom stereocenters. The molecule has 124 valence electrons. The Morgan fingerprint density at radius 3 is 2.95 bits per heavy atom. The number of rotatable bonds is 7. The van der Waals surface area contributed by atoms with Gasteiger partial charge in [-0.2, -0.15) is 0 Å². The van der Waals surface area contributed by atoms with Crippen molar-refractivity contribution in [1.82, 2.24) is 15.2 Å². The van der Waals surface area contributed by atoms with Gasteiger partial charge < -0.3 is 10.2 Å². The van der Waals surface area contributed by atoms with Crippen molar-refractivity contribution in [1.29, 1.82) is 0 Å². The lowest BCUT2D eigenvalue weighted by atomic mass is 9.93. The highest BCUT2D eigenvalue weighted by molar-refractivity contribution is 7.11. The van der Waals surface area contributed by atoms with Crippen LogP contribution in [0.4, 0.5) is 0 Å². The Hall–Kier alpha value is -0.940. The molecule has 4 nitrogen and oxygen atoms in total. The fourth-order valence-corrected chi connectivity index (χ4v) is 4.02. The molecule has 1 aliphatic heterocycles. The van der Waals surface area contributed by atoms with Gasteiger partial charge >= 0.3 is 0 Å². The predicted octanol–water partition coefficient (Wildman–Crippen LogP) is 2.93. The van der Waals surface area contributed by atoms with Crippen LogP contribution in [0.15, 0.2) is 0 Å². The second kappa shape index (κ2) is 8.63. The maximum absolute atomic E-state index is 11.9. The largest absolute Gasteiger partial charge is 0.356 e. The standard InChI is InChI=1S/C17H29N3OS/c1-13-14(2)22-17(19-13)7-4-10-18-16(21)9-8-15-6-5-11-20(3)12-15/h15H,4-12H2,1-3H3,(H,18,21). The quantitative estimate of drug-likeness (QED) is 0.785. The first-order chi connectivity index (χ1) is 10.5. The van der Waals surface area contributed by atoms with Crippen molar-refractivity contribution in [2.75, 3.05) is 26.7 Å². The highest BCUT2D eigenvalue weighted by Gasteiger charge is 2.17. The number of aromatic nitrogens is 1. The van der Waals surface area contributed by atoms with Crippen molar-refractivity contribution in [2.24, 2.45) is 5.92 Å². The third-order valence-corrected chi connectivity index (χ3v) is 5.60. The van der Waals surface area contributed by atoms with Crippen LogP contribution in [0.3, 0.4) is 0 Å². The zero-order chi connectivity index (χ0) is 15.9. The second-order valence-corrected chi connectivity index (χ2v) is 7.80. The third kappa shape index (κ3) is 5.69. The summed E-state index contributed by atoms with van der Waals surface area (Å²) in [6.45, 7) is 7.29. The maximum Gasteiger partial charge on any atom is 0.220 e. The van der Waals surface area contributed by atoms with Gasteiger partial charge in [-0.3, -0.25) is 4.79 Å². The lowest BCUT2D eigenvalue weighted by molar-refractivity contribution is -0.121. The van der Waals surface area contributed by atoms with Crippen LogP contribution >= 0.6 is 11.3 Å². The fraction of sp³-hybridized carbons (Fsp3) is 0.765. The molecule has 0 aromatic carbocycles. The van der Waals surface area contributed by atoms with Crippen LogP contribution in [0.25, 0.3) is 0 Å². The lowest BCUT2D eigenvalue weighted by Crippen LogP contribution is -2.33. The van der Waals surface area contributed by atoms with Gasteiger partial charge in [-0.1, -0.05) is 0 Å². The van der Waals surface area contributed by atoms with E-state index in [1.165, 1.54) is 29.3 Å². The smallest absolute Gasteiger partial charge is 0.220 e. The van der Waals surface area contributed by atoms with E-state index in [0.717, 1.165) is 38.0 Å². The number of hydrogen-bond acceptors (Lipinski definition) is 4. The molecule has 1 saturated heterocycles. The minimum Gasteiger partial charge on any atom is -0.356 e. The van der Waals surface area contributed by atoms with E-state index >= 15 is 0 Å². The van der Waals surface area contributed by atoms with Crippen LogP contribution < -0.4 is 5.32 Å². The molecule has 0 radical (unpaired) electrons. The van der Waals surface area contributed by atoms with Crippen LogP contribution in [-0.4, -0.2) is 42.5 Å². The number of piperidine rings is 1. The van der Waals surface area contributed by atoms with E-state index in [9.17, 15) is 4.79 Å². The summed E-state index contributed by atoms with van der Waals surface area (Å²) in [6.07, 6.45) is 6.20. The van der Waals surface area contributed by atoms with Gasteiger partial charge in [-0.15, -0.1) is 11.3 Å². The monoisotopic (exact) mass is 323 g/mol. The number of nitrogens with one attached hydrogen (secondary N) is 1. The topological polar surface area (TPSA) is 45.2 Å². The van der Waals surface area contributed by atoms with Gasteiger partial charge in [0.25, 0.3) is 0 Å². The molecule has 0 bridgehead atoms. The normalized spacial score (nSPS) is 19.3. The molecule has 22 heavy (non-hydrogen) atoms. The third-order valence-electron chi connectivity index (χ3n) is 4.46. The summed E-state index contributed by atoms with van der Waals surface area (Å²) < 4.78 is 0. The minimum absolute atomic E-state index is 0.208. The molecule has 0 aliphatic carbocycles. The summed E-state index contributed by atoms with van der Waals surface area (Å²) in [6, 6.07) is 0. The van der Waals surface area contributed by atoms with Crippen LogP contribution in [0.2, 0.25) is 0 Å². The number of aryl methyl sites for hydroxylation is 3. The molecule has 1 N–H and O–H groups in total. The molecule has 1 fully saturated rings. The van der Waals surface area contributed by atoms with Gasteiger partial charge in [0.15, 0.2) is 0 Å². The Labute approximate surface area is 138 Å². The number of carbonyl (C=O) groups excluding carboxylic acids is 1. The van der Waals surface area contributed by atoms with Crippen molar-refractivity contribution < 1.29 is 4.79 Å². The molecular formula is C17H29N3OS. The Bertz CT molecular complexity index is 467. The molecule has 1 unspecified atom stereocenters. The first-order valence-corrected chi connectivity index (χ1v) is 9.24. The number of amides is 1. The number of hydrogen-bond donors (Lipinski definition) is 1. The molecule has 2 rings (SSSR count). The Kier molecular flexibility index (Phi) is 6.83. The Morgan fingerprint density at radius 1 is 1.45 bits per heavy atom. The number of likely N-dealkylation sites (tertiary alicyclic amines) is 1. The van der Waals surface area contributed by atoms with Gasteiger partial charge in [-0.05, 0) is 59.0 Å². The van der Waals surface area contributed by atoms with E-state index in [2.05, 4.69) is 36.1 Å². The van der Waals surface area contributed by atoms with Gasteiger partial charge in [-0.25, -0.2) is 4.98 Å².